The molecule has 0 spiro atoms. The molecular formula is C16H11BN. The van der Waals surface area contributed by atoms with Crippen molar-refractivity contribution < 1.29 is 0 Å². The van der Waals surface area contributed by atoms with Crippen molar-refractivity contribution in [2.45, 2.75) is 12.4 Å². The van der Waals surface area contributed by atoms with Gasteiger partial charge in [0.25, 0.3) is 0 Å². The Kier molecular flexibility index (Phi) is 1.45. The van der Waals surface area contributed by atoms with Crippen molar-refractivity contribution in [3.05, 3.63) is 47.1 Å². The van der Waals surface area contributed by atoms with E-state index in [4.69, 9.17) is 0 Å². The van der Waals surface area contributed by atoms with E-state index in [0.29, 0.717) is 5.94 Å². The lowest BCUT2D eigenvalue weighted by molar-refractivity contribution is 0.704. The molecule has 2 heteroatoms. The van der Waals surface area contributed by atoms with Crippen LogP contribution in [-0.4, -0.2) is 11.8 Å². The fraction of sp³-hybridized carbons (Fsp3) is 0.125. The molecule has 1 atom stereocenters. The Bertz CT molecular complexity index is 859. The predicted molar refractivity (Wildman–Crippen MR) is 77.0 cm³/mol. The van der Waals surface area contributed by atoms with Crippen LogP contribution in [0.1, 0.15) is 12.4 Å². The van der Waals surface area contributed by atoms with E-state index in [0.717, 1.165) is 6.42 Å². The normalized spacial score (nSPS) is 19.7. The summed E-state index contributed by atoms with van der Waals surface area (Å²) in [7, 11) is 2.33. The van der Waals surface area contributed by atoms with E-state index < -0.39 is 0 Å². The maximum absolute atomic E-state index is 2.49. The second-order valence-electron chi connectivity index (χ2n) is 5.25. The van der Waals surface area contributed by atoms with Gasteiger partial charge >= 0.3 is 0 Å². The summed E-state index contributed by atoms with van der Waals surface area (Å²) in [5.74, 6) is 2.86. The Morgan fingerprint density at radius 2 is 1.72 bits per heavy atom. The van der Waals surface area contributed by atoms with Crippen molar-refractivity contribution in [1.29, 1.82) is 0 Å². The monoisotopic (exact) mass is 228 g/mol. The van der Waals surface area contributed by atoms with Crippen molar-refractivity contribution in [2.24, 2.45) is 0 Å². The van der Waals surface area contributed by atoms with Crippen LogP contribution in [0.2, 0.25) is 0 Å². The van der Waals surface area contributed by atoms with Crippen LogP contribution in [0.5, 0.6) is 0 Å². The molecule has 3 aromatic rings. The molecule has 83 valence electrons. The van der Waals surface area contributed by atoms with Gasteiger partial charge in [-0.15, -0.1) is 0 Å². The van der Waals surface area contributed by atoms with Gasteiger partial charge in [0.1, 0.15) is 0 Å². The number of aromatic nitrogens is 1. The number of rotatable bonds is 0. The highest BCUT2D eigenvalue weighted by atomic mass is 15.0. The first-order valence-electron chi connectivity index (χ1n) is 6.50. The molecule has 5 rings (SSSR count). The van der Waals surface area contributed by atoms with Crippen molar-refractivity contribution >= 4 is 40.9 Å². The molecule has 2 aliphatic heterocycles. The van der Waals surface area contributed by atoms with Gasteiger partial charge in [0, 0.05) is 27.4 Å². The van der Waals surface area contributed by atoms with Crippen molar-refractivity contribution in [3.63, 3.8) is 0 Å². The second kappa shape index (κ2) is 2.89. The average molecular weight is 228 g/mol. The molecule has 2 aliphatic rings. The minimum Gasteiger partial charge on any atom is -0.346 e. The molecule has 3 heterocycles. The van der Waals surface area contributed by atoms with E-state index in [9.17, 15) is 0 Å². The van der Waals surface area contributed by atoms with Crippen LogP contribution in [0.25, 0.3) is 33.6 Å². The van der Waals surface area contributed by atoms with E-state index in [1.807, 2.05) is 0 Å². The molecule has 0 unspecified atom stereocenters. The number of benzene rings is 2. The summed E-state index contributed by atoms with van der Waals surface area (Å²) in [6, 6.07) is 13.3. The van der Waals surface area contributed by atoms with Gasteiger partial charge in [-0.05, 0) is 29.3 Å². The predicted octanol–water partition coefficient (Wildman–Crippen LogP) is 1.93. The van der Waals surface area contributed by atoms with Gasteiger partial charge in [-0.3, -0.25) is 0 Å². The van der Waals surface area contributed by atoms with Crippen LogP contribution in [0.3, 0.4) is 0 Å². The molecule has 0 saturated carbocycles. The van der Waals surface area contributed by atoms with E-state index >= 15 is 0 Å². The maximum atomic E-state index is 2.49. The van der Waals surface area contributed by atoms with Crippen LogP contribution in [-0.2, 0) is 0 Å². The molecular weight excluding hydrogens is 217 g/mol. The van der Waals surface area contributed by atoms with Crippen LogP contribution in [0.15, 0.2) is 36.4 Å². The quantitative estimate of drug-likeness (QED) is 0.518. The first-order chi connectivity index (χ1) is 8.92. The fourth-order valence-electron chi connectivity index (χ4n) is 3.49. The number of nitrogens with zero attached hydrogens (tertiary/aromatic N) is 1. The molecule has 2 aromatic carbocycles. The average Bonchev–Trinajstić information content (AvgIpc) is 3.05. The number of fused-ring (bicyclic) bond motifs is 4. The summed E-state index contributed by atoms with van der Waals surface area (Å²) in [6.07, 6.45) is 3.54. The van der Waals surface area contributed by atoms with E-state index in [1.165, 1.54) is 32.2 Å². The minimum atomic E-state index is 0.575. The molecule has 0 N–H and O–H groups in total. The summed E-state index contributed by atoms with van der Waals surface area (Å²) in [5.41, 5.74) is 0. The van der Waals surface area contributed by atoms with Gasteiger partial charge < -0.3 is 4.57 Å². The highest BCUT2D eigenvalue weighted by molar-refractivity contribution is 6.55. The second-order valence-corrected chi connectivity index (χ2v) is 5.25. The van der Waals surface area contributed by atoms with Crippen LogP contribution >= 0.6 is 0 Å². The minimum absolute atomic E-state index is 0.575. The van der Waals surface area contributed by atoms with E-state index in [2.05, 4.69) is 60.3 Å². The first-order valence-corrected chi connectivity index (χ1v) is 6.50. The molecule has 0 fully saturated rings. The SMILES string of the molecule is [B]1C=c2c3cc4ccccc4cc3c3n2[C@H]1CC=3. The summed E-state index contributed by atoms with van der Waals surface area (Å²) in [4.78, 5) is 0. The Morgan fingerprint density at radius 3 is 2.50 bits per heavy atom. The standard InChI is InChI=1S/C16H11BN/c1-2-4-11-8-13-12(7-10(11)3-1)14-5-6-16-17-9-15(13)18(14)16/h1-5,7-9,16H,6H2/t16-/m0/s1. The molecule has 1 radical (unpaired) electrons. The summed E-state index contributed by atoms with van der Waals surface area (Å²) in [5, 5.41) is 8.30. The van der Waals surface area contributed by atoms with Crippen LogP contribution in [0, 0.1) is 0 Å². The van der Waals surface area contributed by atoms with Gasteiger partial charge in [0.15, 0.2) is 7.28 Å². The molecule has 0 saturated heterocycles. The number of hydrogen-bond acceptors (Lipinski definition) is 0. The Morgan fingerprint density at radius 1 is 1.00 bits per heavy atom. The van der Waals surface area contributed by atoms with E-state index in [1.54, 1.807) is 0 Å². The fourth-order valence-corrected chi connectivity index (χ4v) is 3.49. The third-order valence-corrected chi connectivity index (χ3v) is 4.32. The van der Waals surface area contributed by atoms with Gasteiger partial charge in [-0.1, -0.05) is 36.3 Å². The van der Waals surface area contributed by atoms with Gasteiger partial charge in [0.2, 0.25) is 0 Å². The Balaban J connectivity index is 2.12. The smallest absolute Gasteiger partial charge is 0.174 e. The van der Waals surface area contributed by atoms with Gasteiger partial charge in [-0.25, -0.2) is 0 Å². The molecule has 0 aliphatic carbocycles. The molecule has 0 bridgehead atoms. The first kappa shape index (κ1) is 9.04. The maximum Gasteiger partial charge on any atom is 0.174 e. The van der Waals surface area contributed by atoms with Crippen LogP contribution < -0.4 is 10.7 Å². The largest absolute Gasteiger partial charge is 0.346 e. The lowest BCUT2D eigenvalue weighted by atomic mass is 9.71. The molecule has 1 nitrogen and oxygen atoms in total. The lowest BCUT2D eigenvalue weighted by Crippen LogP contribution is -2.22. The van der Waals surface area contributed by atoms with Crippen molar-refractivity contribution in [1.82, 2.24) is 4.57 Å². The van der Waals surface area contributed by atoms with Crippen molar-refractivity contribution in [3.8, 4) is 0 Å². The Hall–Kier alpha value is -1.96. The molecule has 1 aromatic heterocycles. The third kappa shape index (κ3) is 0.917. The van der Waals surface area contributed by atoms with Gasteiger partial charge in [-0.2, -0.15) is 0 Å². The highest BCUT2D eigenvalue weighted by Gasteiger charge is 2.24. The summed E-state index contributed by atoms with van der Waals surface area (Å²) in [6.45, 7) is 0. The van der Waals surface area contributed by atoms with Crippen LogP contribution in [0.4, 0.5) is 0 Å². The zero-order valence-corrected chi connectivity index (χ0v) is 9.93. The lowest BCUT2D eigenvalue weighted by Gasteiger charge is -2.03. The highest BCUT2D eigenvalue weighted by Crippen LogP contribution is 2.24. The van der Waals surface area contributed by atoms with Crippen molar-refractivity contribution in [2.75, 3.05) is 0 Å². The molecule has 0 amide bonds. The zero-order chi connectivity index (χ0) is 11.7. The Labute approximate surface area is 105 Å². The number of hydrogen-bond donors (Lipinski definition) is 0. The topological polar surface area (TPSA) is 4.93 Å². The third-order valence-electron chi connectivity index (χ3n) is 4.32. The molecule has 18 heavy (non-hydrogen) atoms. The zero-order valence-electron chi connectivity index (χ0n) is 9.93. The summed E-state index contributed by atoms with van der Waals surface area (Å²) >= 11 is 0. The van der Waals surface area contributed by atoms with E-state index in [-0.39, 0.29) is 0 Å². The van der Waals surface area contributed by atoms with Gasteiger partial charge in [0.05, 0.1) is 0 Å². The summed E-state index contributed by atoms with van der Waals surface area (Å²) < 4.78 is 2.49.